The maximum absolute atomic E-state index is 12.6. The summed E-state index contributed by atoms with van der Waals surface area (Å²) in [5, 5.41) is 3.36. The van der Waals surface area contributed by atoms with Crippen LogP contribution in [0.25, 0.3) is 0 Å². The number of carbonyl (C=O) groups excluding carboxylic acids is 2. The van der Waals surface area contributed by atoms with Crippen LogP contribution in [0.3, 0.4) is 0 Å². The van der Waals surface area contributed by atoms with Gasteiger partial charge in [0.25, 0.3) is 5.91 Å². The van der Waals surface area contributed by atoms with Gasteiger partial charge in [-0.05, 0) is 18.2 Å². The van der Waals surface area contributed by atoms with Crippen molar-refractivity contribution in [3.05, 3.63) is 65.1 Å². The molecular formula is C20H19N3O3S2. The van der Waals surface area contributed by atoms with Crippen LogP contribution in [0, 0.1) is 0 Å². The van der Waals surface area contributed by atoms with E-state index in [1.165, 1.54) is 28.8 Å². The molecule has 0 spiro atoms. The molecule has 0 saturated heterocycles. The Balaban J connectivity index is 1.31. The van der Waals surface area contributed by atoms with Gasteiger partial charge in [0.15, 0.2) is 5.13 Å². The van der Waals surface area contributed by atoms with Gasteiger partial charge in [0.2, 0.25) is 5.91 Å². The van der Waals surface area contributed by atoms with E-state index in [0.29, 0.717) is 36.6 Å². The van der Waals surface area contributed by atoms with Crippen molar-refractivity contribution in [3.63, 3.8) is 0 Å². The normalized spacial score (nSPS) is 13.2. The van der Waals surface area contributed by atoms with Crippen molar-refractivity contribution in [2.75, 3.05) is 17.6 Å². The van der Waals surface area contributed by atoms with Gasteiger partial charge in [-0.15, -0.1) is 11.8 Å². The summed E-state index contributed by atoms with van der Waals surface area (Å²) in [6.45, 7) is 1.23. The Kier molecular flexibility index (Phi) is 5.78. The predicted molar refractivity (Wildman–Crippen MR) is 110 cm³/mol. The van der Waals surface area contributed by atoms with Gasteiger partial charge < -0.3 is 9.32 Å². The lowest BCUT2D eigenvalue weighted by Gasteiger charge is -2.26. The number of anilines is 1. The number of carbonyl (C=O) groups is 2. The molecule has 0 unspecified atom stereocenters. The minimum Gasteiger partial charge on any atom is -0.472 e. The Labute approximate surface area is 171 Å². The third-order valence-corrected chi connectivity index (χ3v) is 6.43. The van der Waals surface area contributed by atoms with E-state index in [2.05, 4.69) is 22.4 Å². The highest BCUT2D eigenvalue weighted by Gasteiger charge is 2.24. The van der Waals surface area contributed by atoms with E-state index in [1.807, 2.05) is 23.1 Å². The molecule has 1 aliphatic heterocycles. The lowest BCUT2D eigenvalue weighted by atomic mass is 10.1. The van der Waals surface area contributed by atoms with Crippen LogP contribution in [0.2, 0.25) is 0 Å². The summed E-state index contributed by atoms with van der Waals surface area (Å²) in [6, 6.07) is 11.7. The van der Waals surface area contributed by atoms with Crippen LogP contribution in [0.15, 0.2) is 58.2 Å². The number of hydrogen-bond acceptors (Lipinski definition) is 6. The average Bonchev–Trinajstić information content (AvgIpc) is 3.37. The Hall–Kier alpha value is -2.58. The summed E-state index contributed by atoms with van der Waals surface area (Å²) < 4.78 is 4.93. The molecule has 6 nitrogen and oxygen atoms in total. The largest absolute Gasteiger partial charge is 0.472 e. The maximum atomic E-state index is 12.6. The van der Waals surface area contributed by atoms with E-state index in [0.717, 1.165) is 16.3 Å². The summed E-state index contributed by atoms with van der Waals surface area (Å²) in [7, 11) is 0. The number of hydrogen-bond donors (Lipinski definition) is 1. The molecule has 3 heterocycles. The second-order valence-corrected chi connectivity index (χ2v) is 8.58. The SMILES string of the molecule is O=C(Nc1nc2c(s1)CN(C(=O)CCSc1ccccc1)CC2)c1ccoc1. The highest BCUT2D eigenvalue weighted by Crippen LogP contribution is 2.29. The standard InChI is InChI=1S/C20H19N3O3S2/c24-18(8-11-27-15-4-2-1-3-5-15)23-9-6-16-17(12-23)28-20(21-16)22-19(25)14-7-10-26-13-14/h1-5,7,10,13H,6,8-9,11-12H2,(H,21,22,25). The van der Waals surface area contributed by atoms with Crippen LogP contribution in [0.1, 0.15) is 27.3 Å². The highest BCUT2D eigenvalue weighted by atomic mass is 32.2. The quantitative estimate of drug-likeness (QED) is 0.617. The second kappa shape index (κ2) is 8.62. The Bertz CT molecular complexity index is 955. The van der Waals surface area contributed by atoms with Gasteiger partial charge in [0.05, 0.1) is 24.1 Å². The van der Waals surface area contributed by atoms with Crippen LogP contribution in [-0.4, -0.2) is 34.0 Å². The topological polar surface area (TPSA) is 75.4 Å². The zero-order chi connectivity index (χ0) is 19.3. The van der Waals surface area contributed by atoms with Crippen molar-refractivity contribution in [2.24, 2.45) is 0 Å². The van der Waals surface area contributed by atoms with Crippen molar-refractivity contribution in [2.45, 2.75) is 24.3 Å². The van der Waals surface area contributed by atoms with Crippen LogP contribution >= 0.6 is 23.1 Å². The fourth-order valence-corrected chi connectivity index (χ4v) is 4.84. The lowest BCUT2D eigenvalue weighted by molar-refractivity contribution is -0.131. The van der Waals surface area contributed by atoms with E-state index < -0.39 is 0 Å². The maximum Gasteiger partial charge on any atom is 0.260 e. The minimum absolute atomic E-state index is 0.159. The molecule has 0 atom stereocenters. The summed E-state index contributed by atoms with van der Waals surface area (Å²) in [4.78, 5) is 33.3. The van der Waals surface area contributed by atoms with E-state index in [-0.39, 0.29) is 11.8 Å². The van der Waals surface area contributed by atoms with E-state index >= 15 is 0 Å². The number of benzene rings is 1. The zero-order valence-corrected chi connectivity index (χ0v) is 16.7. The number of thiazole rings is 1. The van der Waals surface area contributed by atoms with Crippen molar-refractivity contribution >= 4 is 40.0 Å². The number of nitrogens with one attached hydrogen (secondary N) is 1. The summed E-state index contributed by atoms with van der Waals surface area (Å²) >= 11 is 3.13. The molecule has 3 aromatic rings. The van der Waals surface area contributed by atoms with Gasteiger partial charge in [-0.25, -0.2) is 4.98 Å². The number of furan rings is 1. The molecule has 1 N–H and O–H groups in total. The van der Waals surface area contributed by atoms with Crippen LogP contribution < -0.4 is 5.32 Å². The molecule has 4 rings (SSSR count). The predicted octanol–water partition coefficient (Wildman–Crippen LogP) is 4.06. The van der Waals surface area contributed by atoms with Gasteiger partial charge in [-0.3, -0.25) is 14.9 Å². The molecule has 8 heteroatoms. The Morgan fingerprint density at radius 1 is 1.25 bits per heavy atom. The lowest BCUT2D eigenvalue weighted by Crippen LogP contribution is -2.35. The first-order chi connectivity index (χ1) is 13.7. The first-order valence-electron chi connectivity index (χ1n) is 8.97. The molecule has 0 radical (unpaired) electrons. The first kappa shape index (κ1) is 18.8. The highest BCUT2D eigenvalue weighted by molar-refractivity contribution is 7.99. The van der Waals surface area contributed by atoms with Crippen LogP contribution in [0.5, 0.6) is 0 Å². The summed E-state index contributed by atoms with van der Waals surface area (Å²) in [6.07, 6.45) is 4.08. The zero-order valence-electron chi connectivity index (χ0n) is 15.1. The van der Waals surface area contributed by atoms with Crippen molar-refractivity contribution in [1.29, 1.82) is 0 Å². The summed E-state index contributed by atoms with van der Waals surface area (Å²) in [5.41, 5.74) is 1.43. The molecule has 0 fully saturated rings. The Morgan fingerprint density at radius 3 is 2.89 bits per heavy atom. The average molecular weight is 414 g/mol. The number of nitrogens with zero attached hydrogens (tertiary/aromatic N) is 2. The first-order valence-corrected chi connectivity index (χ1v) is 10.8. The molecule has 1 aromatic carbocycles. The van der Waals surface area contributed by atoms with E-state index in [9.17, 15) is 9.59 Å². The van der Waals surface area contributed by atoms with Gasteiger partial charge in [0.1, 0.15) is 6.26 Å². The monoisotopic (exact) mass is 413 g/mol. The van der Waals surface area contributed by atoms with Crippen molar-refractivity contribution in [1.82, 2.24) is 9.88 Å². The van der Waals surface area contributed by atoms with Crippen LogP contribution in [-0.2, 0) is 17.8 Å². The molecule has 144 valence electrons. The van der Waals surface area contributed by atoms with Gasteiger partial charge >= 0.3 is 0 Å². The smallest absolute Gasteiger partial charge is 0.260 e. The van der Waals surface area contributed by atoms with Gasteiger partial charge in [-0.2, -0.15) is 0 Å². The van der Waals surface area contributed by atoms with Gasteiger partial charge in [-0.1, -0.05) is 29.5 Å². The number of fused-ring (bicyclic) bond motifs is 1. The number of thioether (sulfide) groups is 1. The molecule has 2 aromatic heterocycles. The molecule has 0 aliphatic carbocycles. The number of aromatic nitrogens is 1. The van der Waals surface area contributed by atoms with Crippen molar-refractivity contribution in [3.8, 4) is 0 Å². The van der Waals surface area contributed by atoms with E-state index in [4.69, 9.17) is 4.42 Å². The summed E-state index contributed by atoms with van der Waals surface area (Å²) in [5.74, 6) is 0.679. The fourth-order valence-electron chi connectivity index (χ4n) is 2.96. The molecule has 1 aliphatic rings. The minimum atomic E-state index is -0.245. The van der Waals surface area contributed by atoms with Crippen molar-refractivity contribution < 1.29 is 14.0 Å². The number of amides is 2. The molecule has 0 bridgehead atoms. The second-order valence-electron chi connectivity index (χ2n) is 6.33. The molecule has 28 heavy (non-hydrogen) atoms. The Morgan fingerprint density at radius 2 is 2.11 bits per heavy atom. The fraction of sp³-hybridized carbons (Fsp3) is 0.250. The molecule has 2 amide bonds. The number of rotatable bonds is 6. The third kappa shape index (κ3) is 4.45. The van der Waals surface area contributed by atoms with Crippen LogP contribution in [0.4, 0.5) is 5.13 Å². The molecular weight excluding hydrogens is 394 g/mol. The third-order valence-electron chi connectivity index (χ3n) is 4.42. The van der Waals surface area contributed by atoms with E-state index in [1.54, 1.807) is 17.8 Å². The van der Waals surface area contributed by atoms with Gasteiger partial charge in [0, 0.05) is 34.9 Å². The molecule has 0 saturated carbocycles.